The summed E-state index contributed by atoms with van der Waals surface area (Å²) in [5, 5.41) is 11.4. The first-order chi connectivity index (χ1) is 15.0. The molecule has 1 aliphatic rings. The maximum Gasteiger partial charge on any atom is 0.306 e. The Morgan fingerprint density at radius 3 is 2.10 bits per heavy atom. The molecule has 1 aliphatic carbocycles. The molecule has 1 N–H and O–H groups in total. The molecule has 0 saturated heterocycles. The molecule has 1 saturated carbocycles. The van der Waals surface area contributed by atoms with Crippen molar-refractivity contribution >= 4 is 40.1 Å². The first-order valence-electron chi connectivity index (χ1n) is 10.3. The van der Waals surface area contributed by atoms with Gasteiger partial charge in [-0.1, -0.05) is 83.9 Å². The maximum absolute atomic E-state index is 11.4. The molecule has 5 rings (SSSR count). The van der Waals surface area contributed by atoms with E-state index in [2.05, 4.69) is 35.0 Å². The van der Waals surface area contributed by atoms with Gasteiger partial charge in [0.2, 0.25) is 0 Å². The SMILES string of the molecule is O=C(O)C1CC1Cc1cn(C(c2ccccc2)c2ccccc2)c2cc(Cl)c(Cl)cc12. The molecule has 0 amide bonds. The van der Waals surface area contributed by atoms with Gasteiger partial charge in [0.15, 0.2) is 0 Å². The zero-order valence-corrected chi connectivity index (χ0v) is 18.2. The lowest BCUT2D eigenvalue weighted by molar-refractivity contribution is -0.138. The van der Waals surface area contributed by atoms with Crippen LogP contribution in [0.3, 0.4) is 0 Å². The van der Waals surface area contributed by atoms with Crippen molar-refractivity contribution in [3.8, 4) is 0 Å². The molecule has 0 aliphatic heterocycles. The minimum absolute atomic E-state index is 0.0367. The lowest BCUT2D eigenvalue weighted by Gasteiger charge is -2.21. The van der Waals surface area contributed by atoms with Crippen molar-refractivity contribution in [1.82, 2.24) is 4.57 Å². The molecule has 1 aromatic heterocycles. The summed E-state index contributed by atoms with van der Waals surface area (Å²) in [4.78, 5) is 11.4. The van der Waals surface area contributed by atoms with Crippen LogP contribution < -0.4 is 0 Å². The lowest BCUT2D eigenvalue weighted by Crippen LogP contribution is -2.11. The number of carbonyl (C=O) groups is 1. The van der Waals surface area contributed by atoms with Gasteiger partial charge in [0.05, 0.1) is 27.5 Å². The van der Waals surface area contributed by atoms with Gasteiger partial charge < -0.3 is 9.67 Å². The molecule has 2 unspecified atom stereocenters. The van der Waals surface area contributed by atoms with Crippen LogP contribution in [-0.4, -0.2) is 15.6 Å². The molecule has 4 aromatic rings. The number of nitrogens with zero attached hydrogens (tertiary/aromatic N) is 1. The van der Waals surface area contributed by atoms with Crippen LogP contribution in [0.25, 0.3) is 10.9 Å². The largest absolute Gasteiger partial charge is 0.481 e. The van der Waals surface area contributed by atoms with Gasteiger partial charge in [0, 0.05) is 11.6 Å². The summed E-state index contributed by atoms with van der Waals surface area (Å²) in [6.45, 7) is 0. The second-order valence-corrected chi connectivity index (χ2v) is 9.03. The molecule has 3 aromatic carbocycles. The minimum atomic E-state index is -0.707. The van der Waals surface area contributed by atoms with Crippen molar-refractivity contribution < 1.29 is 9.90 Å². The molecule has 1 heterocycles. The van der Waals surface area contributed by atoms with Crippen molar-refractivity contribution in [1.29, 1.82) is 0 Å². The third-order valence-electron chi connectivity index (χ3n) is 6.19. The topological polar surface area (TPSA) is 42.2 Å². The van der Waals surface area contributed by atoms with E-state index in [1.807, 2.05) is 48.5 Å². The Kier molecular flexibility index (Phi) is 5.25. The Morgan fingerprint density at radius 2 is 1.55 bits per heavy atom. The highest BCUT2D eigenvalue weighted by molar-refractivity contribution is 6.42. The highest BCUT2D eigenvalue weighted by Crippen LogP contribution is 2.44. The second kappa shape index (κ2) is 8.07. The summed E-state index contributed by atoms with van der Waals surface area (Å²) < 4.78 is 2.25. The number of rotatable bonds is 6. The third kappa shape index (κ3) is 3.84. The molecule has 156 valence electrons. The van der Waals surface area contributed by atoms with E-state index in [1.54, 1.807) is 0 Å². The van der Waals surface area contributed by atoms with Crippen LogP contribution in [0.4, 0.5) is 0 Å². The molecule has 0 bridgehead atoms. The highest BCUT2D eigenvalue weighted by Gasteiger charge is 2.43. The van der Waals surface area contributed by atoms with Gasteiger partial charge in [-0.3, -0.25) is 4.79 Å². The number of hydrogen-bond donors (Lipinski definition) is 1. The van der Waals surface area contributed by atoms with E-state index >= 15 is 0 Å². The van der Waals surface area contributed by atoms with Crippen molar-refractivity contribution in [3.63, 3.8) is 0 Å². The van der Waals surface area contributed by atoms with E-state index < -0.39 is 5.97 Å². The lowest BCUT2D eigenvalue weighted by atomic mass is 9.98. The van der Waals surface area contributed by atoms with E-state index in [-0.39, 0.29) is 17.9 Å². The Labute approximate surface area is 190 Å². The van der Waals surface area contributed by atoms with Crippen LogP contribution in [0.1, 0.15) is 29.2 Å². The molecule has 0 radical (unpaired) electrons. The van der Waals surface area contributed by atoms with Gasteiger partial charge in [0.1, 0.15) is 0 Å². The van der Waals surface area contributed by atoms with Crippen LogP contribution in [0, 0.1) is 11.8 Å². The molecular formula is C26H21Cl2NO2. The monoisotopic (exact) mass is 449 g/mol. The molecule has 2 atom stereocenters. The molecule has 0 spiro atoms. The van der Waals surface area contributed by atoms with Gasteiger partial charge in [-0.25, -0.2) is 0 Å². The standard InChI is InChI=1S/C26H21Cl2NO2/c27-22-13-20-19(11-18-12-21(18)26(30)31)15-29(24(20)14-23(22)28)25(16-7-3-1-4-8-16)17-9-5-2-6-10-17/h1-10,13-15,18,21,25H,11-12H2,(H,30,31). The van der Waals surface area contributed by atoms with Crippen LogP contribution in [0.15, 0.2) is 79.0 Å². The average molecular weight is 450 g/mol. The van der Waals surface area contributed by atoms with Gasteiger partial charge in [-0.05, 0) is 47.6 Å². The van der Waals surface area contributed by atoms with Crippen LogP contribution in [0.5, 0.6) is 0 Å². The van der Waals surface area contributed by atoms with Gasteiger partial charge in [0.25, 0.3) is 0 Å². The third-order valence-corrected chi connectivity index (χ3v) is 6.91. The number of hydrogen-bond acceptors (Lipinski definition) is 1. The highest BCUT2D eigenvalue weighted by atomic mass is 35.5. The van der Waals surface area contributed by atoms with Gasteiger partial charge in [-0.15, -0.1) is 0 Å². The number of fused-ring (bicyclic) bond motifs is 1. The first-order valence-corrected chi connectivity index (χ1v) is 11.1. The average Bonchev–Trinajstić information content (AvgIpc) is 3.48. The van der Waals surface area contributed by atoms with Crippen molar-refractivity contribution in [2.45, 2.75) is 18.9 Å². The normalized spacial score (nSPS) is 17.9. The number of halogens is 2. The predicted molar refractivity (Wildman–Crippen MR) is 125 cm³/mol. The van der Waals surface area contributed by atoms with Crippen LogP contribution in [0.2, 0.25) is 10.0 Å². The molecular weight excluding hydrogens is 429 g/mol. The fourth-order valence-electron chi connectivity index (χ4n) is 4.53. The van der Waals surface area contributed by atoms with E-state index in [1.165, 1.54) is 0 Å². The van der Waals surface area contributed by atoms with E-state index in [9.17, 15) is 9.90 Å². The van der Waals surface area contributed by atoms with Gasteiger partial charge in [-0.2, -0.15) is 0 Å². The number of aromatic nitrogens is 1. The van der Waals surface area contributed by atoms with Crippen molar-refractivity contribution in [2.24, 2.45) is 11.8 Å². The fraction of sp³-hybridized carbons (Fsp3) is 0.192. The Hall–Kier alpha value is -2.75. The predicted octanol–water partition coefficient (Wildman–Crippen LogP) is 6.85. The fourth-order valence-corrected chi connectivity index (χ4v) is 4.85. The molecule has 3 nitrogen and oxygen atoms in total. The number of aliphatic carboxylic acids is 1. The minimum Gasteiger partial charge on any atom is -0.481 e. The summed E-state index contributed by atoms with van der Waals surface area (Å²) in [6.07, 6.45) is 3.60. The zero-order chi connectivity index (χ0) is 21.5. The smallest absolute Gasteiger partial charge is 0.306 e. The summed E-state index contributed by atoms with van der Waals surface area (Å²) >= 11 is 12.8. The summed E-state index contributed by atoms with van der Waals surface area (Å²) in [5.41, 5.74) is 4.44. The Balaban J connectivity index is 1.68. The number of benzene rings is 3. The number of carboxylic acid groups (broad SMARTS) is 1. The van der Waals surface area contributed by atoms with E-state index in [0.717, 1.165) is 34.0 Å². The Morgan fingerprint density at radius 1 is 0.968 bits per heavy atom. The van der Waals surface area contributed by atoms with Crippen LogP contribution >= 0.6 is 23.2 Å². The first kappa shape index (κ1) is 20.2. The van der Waals surface area contributed by atoms with E-state index in [4.69, 9.17) is 23.2 Å². The van der Waals surface area contributed by atoms with Crippen molar-refractivity contribution in [3.05, 3.63) is 106 Å². The summed E-state index contributed by atoms with van der Waals surface area (Å²) in [7, 11) is 0. The molecule has 5 heteroatoms. The summed E-state index contributed by atoms with van der Waals surface area (Å²) in [6, 6.07) is 24.5. The van der Waals surface area contributed by atoms with E-state index in [0.29, 0.717) is 16.5 Å². The summed E-state index contributed by atoms with van der Waals surface area (Å²) in [5.74, 6) is -0.792. The quantitative estimate of drug-likeness (QED) is 0.349. The van der Waals surface area contributed by atoms with Crippen LogP contribution in [-0.2, 0) is 11.2 Å². The zero-order valence-electron chi connectivity index (χ0n) is 16.7. The van der Waals surface area contributed by atoms with Gasteiger partial charge >= 0.3 is 5.97 Å². The molecule has 1 fully saturated rings. The number of carboxylic acids is 1. The molecule has 31 heavy (non-hydrogen) atoms. The Bertz CT molecular complexity index is 1210. The maximum atomic E-state index is 11.4. The van der Waals surface area contributed by atoms with Crippen molar-refractivity contribution in [2.75, 3.05) is 0 Å². The second-order valence-electron chi connectivity index (χ2n) is 8.21.